The molecule has 0 saturated heterocycles. The van der Waals surface area contributed by atoms with Gasteiger partial charge in [-0.15, -0.1) is 0 Å². The topological polar surface area (TPSA) is 110 Å². The zero-order chi connectivity index (χ0) is 8.57. The van der Waals surface area contributed by atoms with Crippen molar-refractivity contribution in [3.8, 4) is 0 Å². The van der Waals surface area contributed by atoms with Crippen molar-refractivity contribution in [1.29, 1.82) is 0 Å². The van der Waals surface area contributed by atoms with E-state index >= 15 is 0 Å². The van der Waals surface area contributed by atoms with Gasteiger partial charge in [-0.25, -0.2) is 0 Å². The van der Waals surface area contributed by atoms with Crippen LogP contribution in [0.1, 0.15) is 6.92 Å². The molecule has 0 aromatic rings. The second-order valence-corrected chi connectivity index (χ2v) is 2.73. The van der Waals surface area contributed by atoms with Crippen LogP contribution in [0.3, 0.4) is 0 Å². The summed E-state index contributed by atoms with van der Waals surface area (Å²) in [5, 5.41) is 7.57. The first kappa shape index (κ1) is 18.0. The van der Waals surface area contributed by atoms with Gasteiger partial charge in [0.15, 0.2) is 0 Å². The van der Waals surface area contributed by atoms with Gasteiger partial charge in [0, 0.05) is 6.61 Å². The van der Waals surface area contributed by atoms with E-state index in [1.54, 1.807) is 6.92 Å². The van der Waals surface area contributed by atoms with E-state index in [4.69, 9.17) is 5.11 Å². The van der Waals surface area contributed by atoms with Crippen LogP contribution in [-0.2, 0) is 35.8 Å². The number of aliphatic hydroxyl groups excluding tert-OH is 1. The fourth-order valence-electron chi connectivity index (χ4n) is 0.0680. The van der Waals surface area contributed by atoms with Gasteiger partial charge in [0.05, 0.1) is 0 Å². The summed E-state index contributed by atoms with van der Waals surface area (Å²) in [6.45, 7) is 1.93. The first-order valence-electron chi connectivity index (χ1n) is 2.25. The van der Waals surface area contributed by atoms with Crippen LogP contribution in [0.2, 0.25) is 0 Å². The number of hydrogen-bond donors (Lipinski definition) is 1. The van der Waals surface area contributed by atoms with Gasteiger partial charge in [0.25, 0.3) is 0 Å². The maximum Gasteiger partial charge on any atom is 2.00 e. The van der Waals surface area contributed by atoms with E-state index in [-0.39, 0.29) is 29.0 Å². The minimum atomic E-state index is -3.51. The Morgan fingerprint density at radius 3 is 1.55 bits per heavy atom. The molecule has 1 radical (unpaired) electrons. The van der Waals surface area contributed by atoms with E-state index in [0.717, 1.165) is 0 Å². The Morgan fingerprint density at radius 2 is 1.55 bits per heavy atom. The first-order chi connectivity index (χ1) is 4.54. The molecule has 0 heterocycles. The molecule has 6 nitrogen and oxygen atoms in total. The summed E-state index contributed by atoms with van der Waals surface area (Å²) in [6.07, 6.45) is 0. The molecule has 0 aromatic heterocycles. The number of rotatable bonds is 2. The maximum absolute atomic E-state index is 9.29. The van der Waals surface area contributed by atoms with E-state index in [1.807, 2.05) is 0 Å². The second-order valence-electron chi connectivity index (χ2n) is 0.918. The fraction of sp³-hybridized carbons (Fsp3) is 1.00. The van der Waals surface area contributed by atoms with Crippen molar-refractivity contribution < 1.29 is 50.7 Å². The van der Waals surface area contributed by atoms with Crippen LogP contribution in [0, 0.1) is 0 Å². The van der Waals surface area contributed by atoms with Crippen molar-refractivity contribution in [2.24, 2.45) is 0 Å². The monoisotopic (exact) mass is 297 g/mol. The average molecular weight is 298 g/mol. The van der Waals surface area contributed by atoms with E-state index in [9.17, 15) is 18.9 Å². The minimum Gasteiger partial charge on any atom is -0.781 e. The molecule has 2 atom stereocenters. The zero-order valence-corrected chi connectivity index (χ0v) is 8.98. The molecule has 11 heavy (non-hydrogen) atoms. The summed E-state index contributed by atoms with van der Waals surface area (Å²) in [5.74, 6) is 0. The van der Waals surface area contributed by atoms with Crippen molar-refractivity contribution in [3.05, 3.63) is 0 Å². The van der Waals surface area contributed by atoms with E-state index < -0.39 is 16.5 Å². The molecule has 2 unspecified atom stereocenters. The molecule has 0 aliphatic heterocycles. The molecule has 0 fully saturated rings. The molecule has 9 heteroatoms. The minimum absolute atomic E-state index is 0. The second kappa shape index (κ2) is 13.6. The molecule has 73 valence electrons. The van der Waals surface area contributed by atoms with Crippen LogP contribution < -0.4 is 9.79 Å². The number of hydrogen-bond acceptors (Lipinski definition) is 6. The summed E-state index contributed by atoms with van der Waals surface area (Å²) in [7, 11) is -7.03. The molecule has 1 N–H and O–H groups in total. The smallest absolute Gasteiger partial charge is 0.781 e. The normalized spacial score (nSPS) is 13.5. The zero-order valence-electron chi connectivity index (χ0n) is 5.50. The van der Waals surface area contributed by atoms with E-state index in [1.165, 1.54) is 0 Å². The molecule has 0 spiro atoms. The summed E-state index contributed by atoms with van der Waals surface area (Å²) in [4.78, 5) is 18.6. The molecule has 0 saturated carbocycles. The van der Waals surface area contributed by atoms with E-state index in [2.05, 4.69) is 4.31 Å². The van der Waals surface area contributed by atoms with Crippen LogP contribution in [0.25, 0.3) is 0 Å². The van der Waals surface area contributed by atoms with Gasteiger partial charge in [-0.05, 0) is 6.92 Å². The van der Waals surface area contributed by atoms with Crippen molar-refractivity contribution >= 4 is 16.5 Å². The standard InChI is InChI=1S/C2H6O.Ag.H4O5P2/c1-2-3;;1-6(2)5-7(3)4/h3H,2H2,1H3;;6-7H,(H,1,2)(H,3,4)/q;+2;/p-2. The SMILES string of the molecule is CCO.O=[PH]([O-])O[PH](=O)[O-].[Ag+2]. The van der Waals surface area contributed by atoms with Crippen LogP contribution in [0.4, 0.5) is 0 Å². The Labute approximate surface area is 81.0 Å². The predicted molar refractivity (Wildman–Crippen MR) is 31.8 cm³/mol. The van der Waals surface area contributed by atoms with Crippen LogP contribution in [-0.4, -0.2) is 11.7 Å². The first-order valence-corrected chi connectivity index (χ1v) is 4.70. The molecule has 0 aliphatic carbocycles. The van der Waals surface area contributed by atoms with Gasteiger partial charge in [-0.1, -0.05) is 0 Å². The molecule has 0 aromatic carbocycles. The van der Waals surface area contributed by atoms with Crippen LogP contribution >= 0.6 is 16.5 Å². The van der Waals surface area contributed by atoms with Crippen LogP contribution in [0.15, 0.2) is 0 Å². The summed E-state index contributed by atoms with van der Waals surface area (Å²) < 4.78 is 21.8. The molecule has 0 amide bonds. The Bertz CT molecular complexity index is 105. The fourth-order valence-corrected chi connectivity index (χ4v) is 0.612. The van der Waals surface area contributed by atoms with Crippen molar-refractivity contribution in [2.45, 2.75) is 6.92 Å². The van der Waals surface area contributed by atoms with Gasteiger partial charge in [0.2, 0.25) is 0 Å². The molecule has 0 aliphatic rings. The van der Waals surface area contributed by atoms with Crippen LogP contribution in [0.5, 0.6) is 0 Å². The summed E-state index contributed by atoms with van der Waals surface area (Å²) >= 11 is 0. The van der Waals surface area contributed by atoms with Crippen molar-refractivity contribution in [1.82, 2.24) is 0 Å². The van der Waals surface area contributed by atoms with Gasteiger partial charge < -0.3 is 24.0 Å². The predicted octanol–water partition coefficient (Wildman–Crippen LogP) is -1.50. The van der Waals surface area contributed by atoms with Gasteiger partial charge in [-0.2, -0.15) is 0 Å². The van der Waals surface area contributed by atoms with Gasteiger partial charge in [-0.3, -0.25) is 4.31 Å². The summed E-state index contributed by atoms with van der Waals surface area (Å²) in [6, 6.07) is 0. The maximum atomic E-state index is 9.29. The Balaban J connectivity index is -0.000000140. The third kappa shape index (κ3) is 35.5. The third-order valence-electron chi connectivity index (χ3n) is 0.167. The van der Waals surface area contributed by atoms with Gasteiger partial charge >= 0.3 is 22.4 Å². The average Bonchev–Trinajstić information content (AvgIpc) is 1.62. The number of aliphatic hydroxyl groups is 1. The van der Waals surface area contributed by atoms with E-state index in [0.29, 0.717) is 0 Å². The molecule has 0 bridgehead atoms. The largest absolute Gasteiger partial charge is 2.00 e. The Hall–Kier alpha value is 1.04. The molecule has 0 rings (SSSR count). The van der Waals surface area contributed by atoms with Gasteiger partial charge in [0.1, 0.15) is 16.5 Å². The third-order valence-corrected chi connectivity index (χ3v) is 1.50. The Morgan fingerprint density at radius 1 is 1.36 bits per heavy atom. The summed E-state index contributed by atoms with van der Waals surface area (Å²) in [5.41, 5.74) is 0. The quantitative estimate of drug-likeness (QED) is 0.491. The molecular formula is C2H8AgO6P2. The molecular weight excluding hydrogens is 290 g/mol. The van der Waals surface area contributed by atoms with Crippen molar-refractivity contribution in [2.75, 3.05) is 6.61 Å². The Kier molecular flexibility index (Phi) is 22.2. The van der Waals surface area contributed by atoms with Crippen molar-refractivity contribution in [3.63, 3.8) is 0 Å².